The molecule has 1 aliphatic carbocycles. The Morgan fingerprint density at radius 3 is 2.83 bits per heavy atom. The highest BCUT2D eigenvalue weighted by molar-refractivity contribution is 6.32. The summed E-state index contributed by atoms with van der Waals surface area (Å²) in [5, 5.41) is 9.45. The number of carboxylic acids is 1. The summed E-state index contributed by atoms with van der Waals surface area (Å²) in [7, 11) is 0. The number of hydrogen-bond acceptors (Lipinski definition) is 3. The molecule has 0 saturated heterocycles. The summed E-state index contributed by atoms with van der Waals surface area (Å²) in [6, 6.07) is 3.66. The maximum Gasteiger partial charge on any atom is 0.307 e. The van der Waals surface area contributed by atoms with Gasteiger partial charge in [0, 0.05) is 6.42 Å². The van der Waals surface area contributed by atoms with Crippen molar-refractivity contribution in [1.82, 2.24) is 0 Å². The van der Waals surface area contributed by atoms with Gasteiger partial charge in [-0.2, -0.15) is 0 Å². The van der Waals surface area contributed by atoms with Crippen LogP contribution in [0.3, 0.4) is 0 Å². The van der Waals surface area contributed by atoms with Crippen molar-refractivity contribution in [3.05, 3.63) is 22.7 Å². The Hall–Kier alpha value is -1.42. The zero-order chi connectivity index (χ0) is 12.7. The number of benzene rings is 1. The third-order valence-corrected chi connectivity index (χ3v) is 3.64. The number of carboxylic acid groups (broad SMARTS) is 1. The molecule has 1 aromatic rings. The van der Waals surface area contributed by atoms with Gasteiger partial charge in [-0.25, -0.2) is 0 Å². The Morgan fingerprint density at radius 2 is 2.11 bits per heavy atom. The molecular weight excluding hydrogens is 256 g/mol. The highest BCUT2D eigenvalue weighted by atomic mass is 35.5. The average molecular weight is 269 g/mol. The zero-order valence-electron chi connectivity index (χ0n) is 9.69. The van der Waals surface area contributed by atoms with Gasteiger partial charge in [0.15, 0.2) is 11.5 Å². The van der Waals surface area contributed by atoms with E-state index in [1.165, 1.54) is 0 Å². The van der Waals surface area contributed by atoms with Gasteiger partial charge in [-0.3, -0.25) is 4.79 Å². The number of halogens is 1. The molecule has 2 atom stereocenters. The van der Waals surface area contributed by atoms with Crippen LogP contribution in [0.15, 0.2) is 12.1 Å². The van der Waals surface area contributed by atoms with Gasteiger partial charge in [-0.1, -0.05) is 11.6 Å². The highest BCUT2D eigenvalue weighted by Crippen LogP contribution is 2.50. The summed E-state index contributed by atoms with van der Waals surface area (Å²) in [6.07, 6.45) is 1.49. The molecule has 0 aromatic heterocycles. The van der Waals surface area contributed by atoms with Gasteiger partial charge in [-0.15, -0.1) is 0 Å². The highest BCUT2D eigenvalue weighted by Gasteiger charge is 2.44. The molecule has 0 radical (unpaired) electrons. The molecule has 0 bridgehead atoms. The summed E-state index contributed by atoms with van der Waals surface area (Å²) >= 11 is 6.17. The van der Waals surface area contributed by atoms with E-state index in [1.54, 1.807) is 6.07 Å². The summed E-state index contributed by atoms with van der Waals surface area (Å²) in [5.41, 5.74) is 0.927. The van der Waals surface area contributed by atoms with Crippen molar-refractivity contribution in [3.63, 3.8) is 0 Å². The lowest BCUT2D eigenvalue weighted by atomic mass is 10.1. The summed E-state index contributed by atoms with van der Waals surface area (Å²) in [6.45, 7) is 1.19. The third-order valence-electron chi connectivity index (χ3n) is 3.36. The molecule has 1 saturated carbocycles. The number of carbonyl (C=O) groups is 1. The number of rotatable bonds is 2. The first-order valence-corrected chi connectivity index (χ1v) is 6.36. The molecule has 1 aromatic carbocycles. The lowest BCUT2D eigenvalue weighted by molar-refractivity contribution is -0.138. The van der Waals surface area contributed by atoms with Crippen LogP contribution in [-0.2, 0) is 4.79 Å². The molecule has 3 rings (SSSR count). The summed E-state index contributed by atoms with van der Waals surface area (Å²) in [5.74, 6) is 0.225. The van der Waals surface area contributed by atoms with Gasteiger partial charge in [0.2, 0.25) is 0 Å². The minimum atomic E-state index is -0.747. The molecule has 2 unspecified atom stereocenters. The lowest BCUT2D eigenvalue weighted by Gasteiger charge is -2.11. The molecule has 2 aliphatic rings. The molecule has 1 aliphatic heterocycles. The number of aliphatic carboxylic acids is 1. The Morgan fingerprint density at radius 1 is 1.33 bits per heavy atom. The van der Waals surface area contributed by atoms with Crippen LogP contribution in [0.2, 0.25) is 5.02 Å². The zero-order valence-corrected chi connectivity index (χ0v) is 10.4. The van der Waals surface area contributed by atoms with E-state index in [9.17, 15) is 4.79 Å². The topological polar surface area (TPSA) is 55.8 Å². The minimum absolute atomic E-state index is 0.0529. The normalized spacial score (nSPS) is 25.4. The van der Waals surface area contributed by atoms with E-state index in [2.05, 4.69) is 0 Å². The molecule has 5 heteroatoms. The van der Waals surface area contributed by atoms with E-state index < -0.39 is 5.97 Å². The van der Waals surface area contributed by atoms with E-state index in [0.29, 0.717) is 36.2 Å². The molecule has 1 fully saturated rings. The third kappa shape index (κ3) is 2.01. The Balaban J connectivity index is 1.92. The van der Waals surface area contributed by atoms with Crippen molar-refractivity contribution in [3.8, 4) is 11.5 Å². The summed E-state index contributed by atoms with van der Waals surface area (Å²) in [4.78, 5) is 10.9. The number of fused-ring (bicyclic) bond motifs is 1. The molecule has 0 amide bonds. The first kappa shape index (κ1) is 11.7. The van der Waals surface area contributed by atoms with Crippen LogP contribution in [-0.4, -0.2) is 24.3 Å². The lowest BCUT2D eigenvalue weighted by Crippen LogP contribution is -1.99. The predicted molar refractivity (Wildman–Crippen MR) is 65.5 cm³/mol. The number of hydrogen-bond donors (Lipinski definition) is 1. The van der Waals surface area contributed by atoms with E-state index >= 15 is 0 Å². The monoisotopic (exact) mass is 268 g/mol. The average Bonchev–Trinajstić information content (AvgIpc) is 3.12. The van der Waals surface area contributed by atoms with E-state index in [-0.39, 0.29) is 11.8 Å². The Labute approximate surface area is 109 Å². The van der Waals surface area contributed by atoms with Crippen molar-refractivity contribution in [1.29, 1.82) is 0 Å². The molecule has 96 valence electrons. The van der Waals surface area contributed by atoms with E-state index in [4.69, 9.17) is 26.2 Å². The van der Waals surface area contributed by atoms with Gasteiger partial charge in [0.1, 0.15) is 0 Å². The van der Waals surface area contributed by atoms with Gasteiger partial charge in [-0.05, 0) is 30.0 Å². The first-order chi connectivity index (χ1) is 8.66. The van der Waals surface area contributed by atoms with Crippen LogP contribution in [0.1, 0.15) is 24.3 Å². The number of ether oxygens (including phenoxy) is 2. The molecule has 1 heterocycles. The Bertz CT molecular complexity index is 500. The quantitative estimate of drug-likeness (QED) is 0.896. The van der Waals surface area contributed by atoms with Crippen LogP contribution in [0.4, 0.5) is 0 Å². The second-order valence-corrected chi connectivity index (χ2v) is 5.07. The second kappa shape index (κ2) is 4.35. The molecule has 0 spiro atoms. The fourth-order valence-electron chi connectivity index (χ4n) is 2.30. The van der Waals surface area contributed by atoms with Crippen molar-refractivity contribution < 1.29 is 19.4 Å². The molecule has 18 heavy (non-hydrogen) atoms. The smallest absolute Gasteiger partial charge is 0.307 e. The SMILES string of the molecule is O=C(O)C1CC1c1cc(Cl)c2c(c1)OCCCO2. The van der Waals surface area contributed by atoms with Crippen molar-refractivity contribution >= 4 is 17.6 Å². The van der Waals surface area contributed by atoms with E-state index in [1.807, 2.05) is 6.07 Å². The van der Waals surface area contributed by atoms with Gasteiger partial charge in [0.25, 0.3) is 0 Å². The minimum Gasteiger partial charge on any atom is -0.489 e. The molecule has 1 N–H and O–H groups in total. The van der Waals surface area contributed by atoms with Crippen molar-refractivity contribution in [2.45, 2.75) is 18.8 Å². The maximum atomic E-state index is 10.9. The van der Waals surface area contributed by atoms with Crippen LogP contribution in [0, 0.1) is 5.92 Å². The van der Waals surface area contributed by atoms with Gasteiger partial charge >= 0.3 is 5.97 Å². The van der Waals surface area contributed by atoms with Crippen molar-refractivity contribution in [2.75, 3.05) is 13.2 Å². The Kier molecular flexibility index (Phi) is 2.82. The molecule has 4 nitrogen and oxygen atoms in total. The van der Waals surface area contributed by atoms with Crippen molar-refractivity contribution in [2.24, 2.45) is 5.92 Å². The second-order valence-electron chi connectivity index (χ2n) is 4.67. The first-order valence-electron chi connectivity index (χ1n) is 5.98. The van der Waals surface area contributed by atoms with Crippen LogP contribution in [0.25, 0.3) is 0 Å². The standard InChI is InChI=1S/C13H13ClO4/c14-10-4-7(8-6-9(8)13(15)16)5-11-12(10)18-3-1-2-17-11/h4-5,8-9H,1-3,6H2,(H,15,16). The largest absolute Gasteiger partial charge is 0.489 e. The van der Waals surface area contributed by atoms with Crippen LogP contribution >= 0.6 is 11.6 Å². The van der Waals surface area contributed by atoms with Crippen LogP contribution in [0.5, 0.6) is 11.5 Å². The van der Waals surface area contributed by atoms with E-state index in [0.717, 1.165) is 12.0 Å². The summed E-state index contributed by atoms with van der Waals surface area (Å²) < 4.78 is 11.1. The van der Waals surface area contributed by atoms with Gasteiger partial charge < -0.3 is 14.6 Å². The fraction of sp³-hybridized carbons (Fsp3) is 0.462. The predicted octanol–water partition coefficient (Wildman–Crippen LogP) is 2.69. The van der Waals surface area contributed by atoms with Gasteiger partial charge in [0.05, 0.1) is 24.2 Å². The fourth-order valence-corrected chi connectivity index (χ4v) is 2.57. The molecular formula is C13H13ClO4. The maximum absolute atomic E-state index is 10.9. The van der Waals surface area contributed by atoms with Crippen LogP contribution < -0.4 is 9.47 Å².